The molecule has 1 aromatic heterocycles. The molecule has 4 rings (SSSR count). The number of amides is 1. The molecule has 0 bridgehead atoms. The molecule has 1 fully saturated rings. The molecule has 1 N–H and O–H groups in total. The summed E-state index contributed by atoms with van der Waals surface area (Å²) in [5, 5.41) is 3.55. The lowest BCUT2D eigenvalue weighted by atomic mass is 10.2. The van der Waals surface area contributed by atoms with Gasteiger partial charge in [-0.05, 0) is 36.4 Å². The molecule has 7 nitrogen and oxygen atoms in total. The first-order valence-corrected chi connectivity index (χ1v) is 12.1. The number of anilines is 2. The molecule has 1 saturated heterocycles. The average Bonchev–Trinajstić information content (AvgIpc) is 2.82. The van der Waals surface area contributed by atoms with Crippen LogP contribution in [0.5, 0.6) is 0 Å². The highest BCUT2D eigenvalue weighted by Crippen LogP contribution is 2.26. The molecule has 0 unspecified atom stereocenters. The Bertz CT molecular complexity index is 1210. The average molecular weight is 491 g/mol. The lowest BCUT2D eigenvalue weighted by molar-refractivity contribution is 0.102. The van der Waals surface area contributed by atoms with E-state index in [0.29, 0.717) is 53.3 Å². The third kappa shape index (κ3) is 4.88. The molecule has 32 heavy (non-hydrogen) atoms. The first kappa shape index (κ1) is 22.5. The van der Waals surface area contributed by atoms with Crippen molar-refractivity contribution in [2.75, 3.05) is 36.4 Å². The van der Waals surface area contributed by atoms with Gasteiger partial charge in [-0.25, -0.2) is 13.4 Å². The molecule has 2 aromatic carbocycles. The Morgan fingerprint density at radius 3 is 2.19 bits per heavy atom. The van der Waals surface area contributed by atoms with Gasteiger partial charge < -0.3 is 10.2 Å². The molecule has 1 amide bonds. The van der Waals surface area contributed by atoms with E-state index in [4.69, 9.17) is 23.2 Å². The van der Waals surface area contributed by atoms with Gasteiger partial charge in [-0.2, -0.15) is 4.31 Å². The number of piperazine rings is 1. The van der Waals surface area contributed by atoms with Gasteiger partial charge in [0.15, 0.2) is 0 Å². The van der Waals surface area contributed by atoms with Gasteiger partial charge in [0.25, 0.3) is 5.91 Å². The third-order valence-electron chi connectivity index (χ3n) is 5.14. The summed E-state index contributed by atoms with van der Waals surface area (Å²) >= 11 is 12.0. The predicted octanol–water partition coefficient (Wildman–Crippen LogP) is 4.15. The van der Waals surface area contributed by atoms with Crippen LogP contribution in [0.3, 0.4) is 0 Å². The van der Waals surface area contributed by atoms with Crippen LogP contribution in [0.2, 0.25) is 10.0 Å². The molecule has 2 heterocycles. The van der Waals surface area contributed by atoms with Crippen LogP contribution in [0.25, 0.3) is 0 Å². The molecule has 1 aliphatic rings. The Labute approximate surface area is 196 Å². The summed E-state index contributed by atoms with van der Waals surface area (Å²) in [6, 6.07) is 16.7. The molecule has 10 heteroatoms. The molecule has 1 aliphatic heterocycles. The SMILES string of the molecule is O=C(Nc1ccc(S(=O)(=O)N2CCN(c3cc(Cl)c(Cl)cn3)CC2)cc1)c1ccccc1. The topological polar surface area (TPSA) is 82.6 Å². The van der Waals surface area contributed by atoms with Gasteiger partial charge in [0.05, 0.1) is 14.9 Å². The van der Waals surface area contributed by atoms with Crippen LogP contribution in [0, 0.1) is 0 Å². The molecular weight excluding hydrogens is 471 g/mol. The van der Waals surface area contributed by atoms with E-state index in [9.17, 15) is 13.2 Å². The Kier molecular flexibility index (Phi) is 6.66. The Morgan fingerprint density at radius 1 is 0.906 bits per heavy atom. The number of hydrogen-bond donors (Lipinski definition) is 1. The number of carbonyl (C=O) groups excluding carboxylic acids is 1. The van der Waals surface area contributed by atoms with Gasteiger partial charge in [0.1, 0.15) is 5.82 Å². The van der Waals surface area contributed by atoms with Crippen molar-refractivity contribution in [3.8, 4) is 0 Å². The quantitative estimate of drug-likeness (QED) is 0.580. The predicted molar refractivity (Wildman–Crippen MR) is 126 cm³/mol. The molecule has 166 valence electrons. The maximum atomic E-state index is 13.1. The lowest BCUT2D eigenvalue weighted by Gasteiger charge is -2.34. The molecular formula is C22H20Cl2N4O3S. The Morgan fingerprint density at radius 2 is 1.56 bits per heavy atom. The van der Waals surface area contributed by atoms with Gasteiger partial charge in [0, 0.05) is 49.7 Å². The second kappa shape index (κ2) is 9.46. The monoisotopic (exact) mass is 490 g/mol. The Hall–Kier alpha value is -2.65. The smallest absolute Gasteiger partial charge is 0.255 e. The van der Waals surface area contributed by atoms with Crippen molar-refractivity contribution >= 4 is 50.6 Å². The van der Waals surface area contributed by atoms with E-state index < -0.39 is 10.0 Å². The van der Waals surface area contributed by atoms with Crippen molar-refractivity contribution in [2.24, 2.45) is 0 Å². The molecule has 0 atom stereocenters. The second-order valence-electron chi connectivity index (χ2n) is 7.19. The van der Waals surface area contributed by atoms with Crippen LogP contribution >= 0.6 is 23.2 Å². The molecule has 3 aromatic rings. The number of carbonyl (C=O) groups is 1. The zero-order valence-electron chi connectivity index (χ0n) is 16.9. The normalized spacial score (nSPS) is 14.9. The van der Waals surface area contributed by atoms with Crippen LogP contribution in [-0.2, 0) is 10.0 Å². The lowest BCUT2D eigenvalue weighted by Crippen LogP contribution is -2.48. The summed E-state index contributed by atoms with van der Waals surface area (Å²) in [4.78, 5) is 18.7. The highest BCUT2D eigenvalue weighted by atomic mass is 35.5. The van der Waals surface area contributed by atoms with E-state index in [0.717, 1.165) is 0 Å². The number of pyridine rings is 1. The minimum absolute atomic E-state index is 0.177. The van der Waals surface area contributed by atoms with Gasteiger partial charge in [-0.15, -0.1) is 0 Å². The summed E-state index contributed by atoms with van der Waals surface area (Å²) in [7, 11) is -3.65. The first-order chi connectivity index (χ1) is 15.3. The fraction of sp³-hybridized carbons (Fsp3) is 0.182. The van der Waals surface area contributed by atoms with Crippen molar-refractivity contribution in [1.29, 1.82) is 0 Å². The minimum Gasteiger partial charge on any atom is -0.354 e. The zero-order chi connectivity index (χ0) is 22.7. The number of sulfonamides is 1. The summed E-state index contributed by atoms with van der Waals surface area (Å²) in [5.74, 6) is 0.406. The highest BCUT2D eigenvalue weighted by molar-refractivity contribution is 7.89. The van der Waals surface area contributed by atoms with Crippen LogP contribution in [0.15, 0.2) is 71.8 Å². The standard InChI is InChI=1S/C22H20Cl2N4O3S/c23-19-14-21(25-15-20(19)24)27-10-12-28(13-11-27)32(30,31)18-8-6-17(7-9-18)26-22(29)16-4-2-1-3-5-16/h1-9,14-15H,10-13H2,(H,26,29). The van der Waals surface area contributed by atoms with Crippen molar-refractivity contribution in [2.45, 2.75) is 4.90 Å². The maximum absolute atomic E-state index is 13.1. The molecule has 0 saturated carbocycles. The number of nitrogens with one attached hydrogen (secondary N) is 1. The fourth-order valence-electron chi connectivity index (χ4n) is 3.39. The molecule has 0 aliphatic carbocycles. The van der Waals surface area contributed by atoms with E-state index >= 15 is 0 Å². The zero-order valence-corrected chi connectivity index (χ0v) is 19.2. The number of aromatic nitrogens is 1. The van der Waals surface area contributed by atoms with Gasteiger partial charge in [-0.3, -0.25) is 4.79 Å². The number of hydrogen-bond acceptors (Lipinski definition) is 5. The summed E-state index contributed by atoms with van der Waals surface area (Å²) < 4.78 is 27.5. The first-order valence-electron chi connectivity index (χ1n) is 9.87. The number of nitrogens with zero attached hydrogens (tertiary/aromatic N) is 3. The Balaban J connectivity index is 1.40. The van der Waals surface area contributed by atoms with E-state index in [-0.39, 0.29) is 10.8 Å². The molecule has 0 radical (unpaired) electrons. The van der Waals surface area contributed by atoms with E-state index in [1.807, 2.05) is 11.0 Å². The summed E-state index contributed by atoms with van der Waals surface area (Å²) in [6.07, 6.45) is 1.49. The fourth-order valence-corrected chi connectivity index (χ4v) is 5.06. The van der Waals surface area contributed by atoms with Gasteiger partial charge in [0.2, 0.25) is 10.0 Å². The van der Waals surface area contributed by atoms with Crippen LogP contribution < -0.4 is 10.2 Å². The number of halogens is 2. The van der Waals surface area contributed by atoms with Gasteiger partial charge >= 0.3 is 0 Å². The van der Waals surface area contributed by atoms with E-state index in [1.54, 1.807) is 42.5 Å². The van der Waals surface area contributed by atoms with Crippen molar-refractivity contribution in [1.82, 2.24) is 9.29 Å². The summed E-state index contributed by atoms with van der Waals surface area (Å²) in [6.45, 7) is 1.60. The van der Waals surface area contributed by atoms with E-state index in [2.05, 4.69) is 10.3 Å². The second-order valence-corrected chi connectivity index (χ2v) is 9.94. The van der Waals surface area contributed by atoms with Crippen molar-refractivity contribution < 1.29 is 13.2 Å². The third-order valence-corrected chi connectivity index (χ3v) is 7.77. The van der Waals surface area contributed by atoms with Gasteiger partial charge in [-0.1, -0.05) is 41.4 Å². The van der Waals surface area contributed by atoms with Crippen molar-refractivity contribution in [3.63, 3.8) is 0 Å². The maximum Gasteiger partial charge on any atom is 0.255 e. The van der Waals surface area contributed by atoms with Crippen LogP contribution in [0.4, 0.5) is 11.5 Å². The van der Waals surface area contributed by atoms with Crippen LogP contribution in [-0.4, -0.2) is 49.8 Å². The molecule has 0 spiro atoms. The van der Waals surface area contributed by atoms with Crippen molar-refractivity contribution in [3.05, 3.63) is 82.5 Å². The summed E-state index contributed by atoms with van der Waals surface area (Å²) in [5.41, 5.74) is 1.05. The van der Waals surface area contributed by atoms with Crippen LogP contribution in [0.1, 0.15) is 10.4 Å². The minimum atomic E-state index is -3.65. The largest absolute Gasteiger partial charge is 0.354 e. The van der Waals surface area contributed by atoms with E-state index in [1.165, 1.54) is 22.6 Å². The highest BCUT2D eigenvalue weighted by Gasteiger charge is 2.29. The number of rotatable bonds is 5. The number of benzene rings is 2.